The molecule has 0 aliphatic carbocycles. The molecule has 19 heavy (non-hydrogen) atoms. The lowest BCUT2D eigenvalue weighted by molar-refractivity contribution is 0.0886. The largest absolute Gasteiger partial charge is 0.332 e. The predicted octanol–water partition coefficient (Wildman–Crippen LogP) is 1.23. The quantitative estimate of drug-likeness (QED) is 0.612. The van der Waals surface area contributed by atoms with Crippen LogP contribution in [0.2, 0.25) is 0 Å². The first-order valence-electron chi connectivity index (χ1n) is 5.95. The zero-order valence-corrected chi connectivity index (χ0v) is 11.5. The first-order chi connectivity index (χ1) is 8.91. The van der Waals surface area contributed by atoms with Crippen molar-refractivity contribution in [3.05, 3.63) is 35.2 Å². The van der Waals surface area contributed by atoms with Crippen molar-refractivity contribution < 1.29 is 9.59 Å². The smallest absolute Gasteiger partial charge is 0.205 e. The number of carbonyl (C=O) groups excluding carboxylic acids is 2. The predicted molar refractivity (Wildman–Crippen MR) is 69.2 cm³/mol. The molecule has 2 aromatic heterocycles. The molecule has 2 heterocycles. The minimum absolute atomic E-state index is 0.182. The third kappa shape index (κ3) is 2.33. The molecule has 0 aliphatic rings. The minimum Gasteiger partial charge on any atom is -0.332 e. The molecule has 0 aromatic carbocycles. The molecule has 0 amide bonds. The Morgan fingerprint density at radius 3 is 2.37 bits per heavy atom. The van der Waals surface area contributed by atoms with Crippen molar-refractivity contribution in [1.29, 1.82) is 0 Å². The molecule has 6 nitrogen and oxygen atoms in total. The zero-order valence-electron chi connectivity index (χ0n) is 11.5. The zero-order chi connectivity index (χ0) is 14.2. The Bertz CT molecular complexity index is 652. The Balaban J connectivity index is 2.23. The van der Waals surface area contributed by atoms with Gasteiger partial charge in [-0.25, -0.2) is 4.98 Å². The molecule has 0 radical (unpaired) electrons. The number of aryl methyl sites for hydroxylation is 3. The van der Waals surface area contributed by atoms with Gasteiger partial charge < -0.3 is 4.57 Å². The van der Waals surface area contributed by atoms with Gasteiger partial charge in [-0.2, -0.15) is 5.10 Å². The average molecular weight is 260 g/mol. The molecule has 0 bridgehead atoms. The monoisotopic (exact) mass is 260 g/mol. The molecule has 0 saturated carbocycles. The van der Waals surface area contributed by atoms with Gasteiger partial charge in [0.05, 0.1) is 17.7 Å². The topological polar surface area (TPSA) is 69.8 Å². The van der Waals surface area contributed by atoms with Gasteiger partial charge in [-0.3, -0.25) is 14.3 Å². The van der Waals surface area contributed by atoms with Crippen molar-refractivity contribution in [2.45, 2.75) is 20.3 Å². The second kappa shape index (κ2) is 4.79. The van der Waals surface area contributed by atoms with Crippen LogP contribution < -0.4 is 0 Å². The van der Waals surface area contributed by atoms with Crippen LogP contribution in [0.15, 0.2) is 12.4 Å². The summed E-state index contributed by atoms with van der Waals surface area (Å²) < 4.78 is 3.26. The first-order valence-corrected chi connectivity index (χ1v) is 5.95. The molecule has 0 saturated heterocycles. The summed E-state index contributed by atoms with van der Waals surface area (Å²) in [4.78, 5) is 28.2. The molecule has 2 aromatic rings. The average Bonchev–Trinajstić information content (AvgIpc) is 2.84. The van der Waals surface area contributed by atoms with Crippen LogP contribution >= 0.6 is 0 Å². The van der Waals surface area contributed by atoms with Crippen LogP contribution in [0.1, 0.15) is 38.8 Å². The lowest BCUT2D eigenvalue weighted by atomic mass is 10.0. The molecule has 6 heteroatoms. The van der Waals surface area contributed by atoms with Gasteiger partial charge in [0.1, 0.15) is 0 Å². The number of hydrogen-bond acceptors (Lipinski definition) is 4. The number of hydrogen-bond donors (Lipinski definition) is 0. The Hall–Kier alpha value is -2.24. The Labute approximate surface area is 111 Å². The van der Waals surface area contributed by atoms with E-state index in [4.69, 9.17) is 0 Å². The molecule has 0 aliphatic heterocycles. The van der Waals surface area contributed by atoms with E-state index in [2.05, 4.69) is 10.1 Å². The third-order valence-electron chi connectivity index (χ3n) is 3.18. The third-order valence-corrected chi connectivity index (χ3v) is 3.18. The van der Waals surface area contributed by atoms with Crippen LogP contribution in [0.4, 0.5) is 0 Å². The SMILES string of the molecule is Cc1nn(C)c(C)c1C(=O)CC(=O)c1nccn1C. The molecular formula is C13H16N4O2. The highest BCUT2D eigenvalue weighted by Gasteiger charge is 2.22. The highest BCUT2D eigenvalue weighted by Crippen LogP contribution is 2.15. The van der Waals surface area contributed by atoms with Crippen LogP contribution in [-0.2, 0) is 14.1 Å². The van der Waals surface area contributed by atoms with Gasteiger partial charge >= 0.3 is 0 Å². The fraction of sp³-hybridized carbons (Fsp3) is 0.385. The second-order valence-corrected chi connectivity index (χ2v) is 4.55. The summed E-state index contributed by atoms with van der Waals surface area (Å²) in [6.45, 7) is 3.59. The van der Waals surface area contributed by atoms with Crippen molar-refractivity contribution in [2.75, 3.05) is 0 Å². The van der Waals surface area contributed by atoms with Crippen LogP contribution in [0.3, 0.4) is 0 Å². The summed E-state index contributed by atoms with van der Waals surface area (Å²) >= 11 is 0. The number of rotatable bonds is 4. The highest BCUT2D eigenvalue weighted by molar-refractivity contribution is 6.13. The number of Topliss-reactive ketones (excluding diaryl/α,β-unsaturated/α-hetero) is 2. The minimum atomic E-state index is -0.278. The number of imidazole rings is 1. The van der Waals surface area contributed by atoms with Crippen molar-refractivity contribution in [2.24, 2.45) is 14.1 Å². The van der Waals surface area contributed by atoms with E-state index < -0.39 is 0 Å². The summed E-state index contributed by atoms with van der Waals surface area (Å²) in [5.74, 6) is -0.191. The van der Waals surface area contributed by atoms with E-state index in [1.807, 2.05) is 6.92 Å². The molecule has 0 N–H and O–H groups in total. The van der Waals surface area contributed by atoms with Gasteiger partial charge in [-0.15, -0.1) is 0 Å². The fourth-order valence-electron chi connectivity index (χ4n) is 2.12. The number of nitrogens with zero attached hydrogens (tertiary/aromatic N) is 4. The van der Waals surface area contributed by atoms with Gasteiger partial charge in [0, 0.05) is 32.2 Å². The fourth-order valence-corrected chi connectivity index (χ4v) is 2.12. The van der Waals surface area contributed by atoms with Crippen molar-refractivity contribution in [3.63, 3.8) is 0 Å². The van der Waals surface area contributed by atoms with E-state index in [0.29, 0.717) is 17.1 Å². The van der Waals surface area contributed by atoms with Gasteiger partial charge in [-0.05, 0) is 13.8 Å². The molecule has 0 atom stereocenters. The maximum absolute atomic E-state index is 12.2. The van der Waals surface area contributed by atoms with E-state index in [1.165, 1.54) is 6.20 Å². The van der Waals surface area contributed by atoms with Gasteiger partial charge in [0.15, 0.2) is 11.6 Å². The summed E-state index contributed by atoms with van der Waals surface area (Å²) in [6, 6.07) is 0. The molecular weight excluding hydrogens is 244 g/mol. The molecule has 0 fully saturated rings. The van der Waals surface area contributed by atoms with Crippen LogP contribution in [0.25, 0.3) is 0 Å². The van der Waals surface area contributed by atoms with Gasteiger partial charge in [0.25, 0.3) is 0 Å². The first kappa shape index (κ1) is 13.2. The highest BCUT2D eigenvalue weighted by atomic mass is 16.1. The van der Waals surface area contributed by atoms with Crippen molar-refractivity contribution in [3.8, 4) is 0 Å². The van der Waals surface area contributed by atoms with E-state index in [1.54, 1.807) is 36.5 Å². The molecule has 2 rings (SSSR count). The maximum atomic E-state index is 12.2. The van der Waals surface area contributed by atoms with E-state index >= 15 is 0 Å². The van der Waals surface area contributed by atoms with E-state index in [-0.39, 0.29) is 18.0 Å². The van der Waals surface area contributed by atoms with Crippen molar-refractivity contribution in [1.82, 2.24) is 19.3 Å². The summed E-state index contributed by atoms with van der Waals surface area (Å²) in [5.41, 5.74) is 1.96. The maximum Gasteiger partial charge on any atom is 0.205 e. The summed E-state index contributed by atoms with van der Waals surface area (Å²) in [6.07, 6.45) is 3.04. The van der Waals surface area contributed by atoms with Crippen molar-refractivity contribution >= 4 is 11.6 Å². The normalized spacial score (nSPS) is 10.7. The van der Waals surface area contributed by atoms with E-state index in [0.717, 1.165) is 5.69 Å². The number of aromatic nitrogens is 4. The number of ketones is 2. The van der Waals surface area contributed by atoms with E-state index in [9.17, 15) is 9.59 Å². The molecule has 100 valence electrons. The second-order valence-electron chi connectivity index (χ2n) is 4.55. The lowest BCUT2D eigenvalue weighted by Crippen LogP contribution is -2.14. The summed E-state index contributed by atoms with van der Waals surface area (Å²) in [7, 11) is 3.50. The number of carbonyl (C=O) groups is 2. The molecule has 0 spiro atoms. The van der Waals surface area contributed by atoms with Gasteiger partial charge in [-0.1, -0.05) is 0 Å². The van der Waals surface area contributed by atoms with Crippen LogP contribution in [0, 0.1) is 13.8 Å². The van der Waals surface area contributed by atoms with Gasteiger partial charge in [0.2, 0.25) is 5.78 Å². The Morgan fingerprint density at radius 2 is 1.89 bits per heavy atom. The standard InChI is InChI=1S/C13H16N4O2/c1-8-12(9(2)17(4)15-8)10(18)7-11(19)13-14-5-6-16(13)3/h5-6H,7H2,1-4H3. The van der Waals surface area contributed by atoms with Crippen LogP contribution in [0.5, 0.6) is 0 Å². The lowest BCUT2D eigenvalue weighted by Gasteiger charge is -2.02. The Kier molecular flexibility index (Phi) is 3.33. The van der Waals surface area contributed by atoms with Crippen LogP contribution in [-0.4, -0.2) is 30.9 Å². The summed E-state index contributed by atoms with van der Waals surface area (Å²) in [5, 5.41) is 4.18. The molecule has 0 unspecified atom stereocenters. The Morgan fingerprint density at radius 1 is 1.21 bits per heavy atom.